The Kier molecular flexibility index (Phi) is 9.20. The molecule has 162 valence electrons. The number of carboxylic acids is 1. The zero-order chi connectivity index (χ0) is 21.9. The first-order valence-corrected chi connectivity index (χ1v) is 10.1. The topological polar surface area (TPSA) is 119 Å². The number of hydrogen-bond donors (Lipinski definition) is 2. The molecule has 1 heterocycles. The number of hydrogen-bond acceptors (Lipinski definition) is 7. The molecule has 10 heteroatoms. The van der Waals surface area contributed by atoms with Gasteiger partial charge in [0, 0.05) is 6.42 Å². The minimum absolute atomic E-state index is 0.00863. The molecule has 0 aliphatic carbocycles. The van der Waals surface area contributed by atoms with Crippen LogP contribution in [0.4, 0.5) is 0 Å². The van der Waals surface area contributed by atoms with Gasteiger partial charge in [-0.25, -0.2) is 0 Å². The van der Waals surface area contributed by atoms with Crippen molar-refractivity contribution >= 4 is 24.4 Å². The van der Waals surface area contributed by atoms with Gasteiger partial charge in [0.2, 0.25) is 4.77 Å². The first-order valence-electron chi connectivity index (χ1n) is 9.73. The summed E-state index contributed by atoms with van der Waals surface area (Å²) in [7, 11) is 1.55. The molecule has 9 nitrogen and oxygen atoms in total. The first-order chi connectivity index (χ1) is 14.5. The molecule has 1 aromatic heterocycles. The van der Waals surface area contributed by atoms with E-state index >= 15 is 0 Å². The molecule has 0 aliphatic rings. The molecule has 0 unspecified atom stereocenters. The largest absolute Gasteiger partial charge is 0.493 e. The minimum atomic E-state index is -1.02. The van der Waals surface area contributed by atoms with E-state index in [4.69, 9.17) is 26.8 Å². The molecule has 0 fully saturated rings. The van der Waals surface area contributed by atoms with Crippen LogP contribution in [0.5, 0.6) is 11.5 Å². The molecule has 1 aromatic carbocycles. The molecule has 0 saturated carbocycles. The van der Waals surface area contributed by atoms with Gasteiger partial charge in [-0.05, 0) is 42.4 Å². The lowest BCUT2D eigenvalue weighted by molar-refractivity contribution is -0.136. The summed E-state index contributed by atoms with van der Waals surface area (Å²) in [5.41, 5.74) is 0.165. The highest BCUT2D eigenvalue weighted by molar-refractivity contribution is 7.71. The maximum absolute atomic E-state index is 12.5. The van der Waals surface area contributed by atoms with Crippen LogP contribution in [0, 0.1) is 4.77 Å². The molecule has 2 N–H and O–H groups in total. The van der Waals surface area contributed by atoms with E-state index in [9.17, 15) is 9.59 Å². The Morgan fingerprint density at radius 3 is 2.83 bits per heavy atom. The van der Waals surface area contributed by atoms with Gasteiger partial charge >= 0.3 is 5.97 Å². The Balaban J connectivity index is 2.15. The van der Waals surface area contributed by atoms with Crippen molar-refractivity contribution in [3.8, 4) is 11.5 Å². The van der Waals surface area contributed by atoms with Crippen LogP contribution in [0.15, 0.2) is 28.1 Å². The third kappa shape index (κ3) is 6.80. The van der Waals surface area contributed by atoms with Crippen LogP contribution in [0.3, 0.4) is 0 Å². The standard InChI is InChI=1S/C20H26N4O5S/c1-3-4-5-6-11-29-16-9-7-14(12-17(16)28-2)13-21-24-19(27)15(8-10-18(25)26)22-23-20(24)30/h7,9,12-13H,3-6,8,10-11H2,1-2H3,(H,23,30)(H,25,26)/b21-13-. The monoisotopic (exact) mass is 434 g/mol. The summed E-state index contributed by atoms with van der Waals surface area (Å²) in [6.07, 6.45) is 5.68. The lowest BCUT2D eigenvalue weighted by Crippen LogP contribution is -2.25. The van der Waals surface area contributed by atoms with Crippen molar-refractivity contribution in [1.82, 2.24) is 14.9 Å². The van der Waals surface area contributed by atoms with Crippen molar-refractivity contribution in [1.29, 1.82) is 0 Å². The second-order valence-electron chi connectivity index (χ2n) is 6.55. The molecule has 0 spiro atoms. The Morgan fingerprint density at radius 2 is 2.13 bits per heavy atom. The maximum Gasteiger partial charge on any atom is 0.303 e. The number of carboxylic acid groups (broad SMARTS) is 1. The number of benzene rings is 1. The van der Waals surface area contributed by atoms with Crippen molar-refractivity contribution in [2.45, 2.75) is 45.4 Å². The lowest BCUT2D eigenvalue weighted by Gasteiger charge is -2.11. The molecule has 2 aromatic rings. The van der Waals surface area contributed by atoms with Gasteiger partial charge in [-0.2, -0.15) is 14.9 Å². The summed E-state index contributed by atoms with van der Waals surface area (Å²) < 4.78 is 12.2. The summed E-state index contributed by atoms with van der Waals surface area (Å²) in [6, 6.07) is 5.32. The summed E-state index contributed by atoms with van der Waals surface area (Å²) in [4.78, 5) is 23.2. The molecule has 30 heavy (non-hydrogen) atoms. The van der Waals surface area contributed by atoms with E-state index in [1.54, 1.807) is 25.3 Å². The second kappa shape index (κ2) is 11.9. The number of aromatic amines is 1. The summed E-state index contributed by atoms with van der Waals surface area (Å²) in [5, 5.41) is 19.2. The Labute approximate surface area is 179 Å². The molecular formula is C20H26N4O5S. The van der Waals surface area contributed by atoms with Crippen LogP contribution in [0.2, 0.25) is 0 Å². The van der Waals surface area contributed by atoms with Crippen LogP contribution in [0.25, 0.3) is 0 Å². The normalized spacial score (nSPS) is 11.0. The van der Waals surface area contributed by atoms with E-state index in [1.165, 1.54) is 19.1 Å². The van der Waals surface area contributed by atoms with Crippen molar-refractivity contribution in [2.24, 2.45) is 5.10 Å². The fourth-order valence-electron chi connectivity index (χ4n) is 2.64. The van der Waals surface area contributed by atoms with E-state index in [2.05, 4.69) is 22.2 Å². The molecule has 0 bridgehead atoms. The van der Waals surface area contributed by atoms with Crippen LogP contribution in [0.1, 0.15) is 50.3 Å². The zero-order valence-electron chi connectivity index (χ0n) is 17.1. The smallest absolute Gasteiger partial charge is 0.303 e. The van der Waals surface area contributed by atoms with E-state index in [1.807, 2.05) is 0 Å². The first kappa shape index (κ1) is 23.3. The van der Waals surface area contributed by atoms with Crippen LogP contribution in [-0.4, -0.2) is 45.9 Å². The number of aromatic nitrogens is 3. The van der Waals surface area contributed by atoms with Crippen molar-refractivity contribution < 1.29 is 19.4 Å². The molecule has 0 saturated heterocycles. The van der Waals surface area contributed by atoms with E-state index in [-0.39, 0.29) is 23.3 Å². The van der Waals surface area contributed by atoms with Gasteiger partial charge in [0.15, 0.2) is 11.5 Å². The average Bonchev–Trinajstić information content (AvgIpc) is 2.73. The van der Waals surface area contributed by atoms with Gasteiger partial charge in [-0.3, -0.25) is 14.7 Å². The number of nitrogens with zero attached hydrogens (tertiary/aromatic N) is 3. The SMILES string of the molecule is CCCCCCOc1ccc(/C=N\n2c(=S)[nH]nc(CCC(=O)O)c2=O)cc1OC. The van der Waals surface area contributed by atoms with E-state index in [0.717, 1.165) is 17.5 Å². The fraction of sp³-hybridized carbons (Fsp3) is 0.450. The van der Waals surface area contributed by atoms with Gasteiger partial charge in [-0.15, -0.1) is 0 Å². The van der Waals surface area contributed by atoms with Gasteiger partial charge in [0.1, 0.15) is 5.69 Å². The molecule has 0 radical (unpaired) electrons. The number of aliphatic carboxylic acids is 1. The average molecular weight is 435 g/mol. The van der Waals surface area contributed by atoms with Crippen molar-refractivity contribution in [2.75, 3.05) is 13.7 Å². The zero-order valence-corrected chi connectivity index (χ0v) is 17.9. The molecule has 0 aliphatic heterocycles. The van der Waals surface area contributed by atoms with Crippen LogP contribution in [-0.2, 0) is 11.2 Å². The van der Waals surface area contributed by atoms with Crippen molar-refractivity contribution in [3.63, 3.8) is 0 Å². The Bertz CT molecular complexity index is 999. The fourth-order valence-corrected chi connectivity index (χ4v) is 2.81. The maximum atomic E-state index is 12.5. The number of ether oxygens (including phenoxy) is 2. The predicted octanol–water partition coefficient (Wildman–Crippen LogP) is 3.17. The quantitative estimate of drug-likeness (QED) is 0.299. The number of H-pyrrole nitrogens is 1. The highest BCUT2D eigenvalue weighted by Gasteiger charge is 2.09. The highest BCUT2D eigenvalue weighted by atomic mass is 32.1. The third-order valence-corrected chi connectivity index (χ3v) is 4.52. The number of rotatable bonds is 12. The summed E-state index contributed by atoms with van der Waals surface area (Å²) in [5.74, 6) is 0.178. The molecule has 2 rings (SSSR count). The summed E-state index contributed by atoms with van der Waals surface area (Å²) >= 11 is 5.07. The number of nitrogens with one attached hydrogen (secondary N) is 1. The van der Waals surface area contributed by atoms with E-state index < -0.39 is 11.5 Å². The van der Waals surface area contributed by atoms with Gasteiger partial charge in [0.05, 0.1) is 26.4 Å². The van der Waals surface area contributed by atoms with Gasteiger partial charge in [0.25, 0.3) is 5.56 Å². The van der Waals surface area contributed by atoms with Gasteiger partial charge in [-0.1, -0.05) is 26.2 Å². The Hall–Kier alpha value is -3.01. The Morgan fingerprint density at radius 1 is 1.33 bits per heavy atom. The second-order valence-corrected chi connectivity index (χ2v) is 6.94. The number of carbonyl (C=O) groups is 1. The van der Waals surface area contributed by atoms with Gasteiger partial charge < -0.3 is 14.6 Å². The number of methoxy groups -OCH3 is 1. The third-order valence-electron chi connectivity index (χ3n) is 4.26. The van der Waals surface area contributed by atoms with Crippen molar-refractivity contribution in [3.05, 3.63) is 44.6 Å². The summed E-state index contributed by atoms with van der Waals surface area (Å²) in [6.45, 7) is 2.78. The molecular weight excluding hydrogens is 408 g/mol. The van der Waals surface area contributed by atoms with Crippen LogP contribution < -0.4 is 15.0 Å². The molecule has 0 atom stereocenters. The predicted molar refractivity (Wildman–Crippen MR) is 115 cm³/mol. The highest BCUT2D eigenvalue weighted by Crippen LogP contribution is 2.27. The van der Waals surface area contributed by atoms with Crippen LogP contribution >= 0.6 is 12.2 Å². The lowest BCUT2D eigenvalue weighted by atomic mass is 10.2. The van der Waals surface area contributed by atoms with E-state index in [0.29, 0.717) is 23.7 Å². The number of unbranched alkanes of at least 4 members (excludes halogenated alkanes) is 3. The minimum Gasteiger partial charge on any atom is -0.493 e. The number of aryl methyl sites for hydroxylation is 1. The molecule has 0 amide bonds.